The van der Waals surface area contributed by atoms with Crippen LogP contribution in [-0.4, -0.2) is 21.0 Å². The maximum atomic E-state index is 10.5. The third-order valence-corrected chi connectivity index (χ3v) is 2.12. The Kier molecular flexibility index (Phi) is 1.53. The Labute approximate surface area is 69.3 Å². The molecule has 0 radical (unpaired) electrons. The van der Waals surface area contributed by atoms with Crippen molar-refractivity contribution < 1.29 is 9.90 Å². The number of hydrogen-bond donors (Lipinski definition) is 1. The van der Waals surface area contributed by atoms with Gasteiger partial charge in [0.2, 0.25) is 0 Å². The second-order valence-electron chi connectivity index (χ2n) is 2.96. The average Bonchev–Trinajstić information content (AvgIpc) is 2.84. The second-order valence-corrected chi connectivity index (χ2v) is 2.96. The molecule has 0 amide bonds. The van der Waals surface area contributed by atoms with Gasteiger partial charge < -0.3 is 5.11 Å². The minimum atomic E-state index is -0.719. The minimum absolute atomic E-state index is 0.142. The van der Waals surface area contributed by atoms with Crippen LogP contribution in [0.2, 0.25) is 0 Å². The van der Waals surface area contributed by atoms with Gasteiger partial charge in [0.15, 0.2) is 0 Å². The van der Waals surface area contributed by atoms with Gasteiger partial charge in [0.1, 0.15) is 6.33 Å². The van der Waals surface area contributed by atoms with Gasteiger partial charge in [0, 0.05) is 18.3 Å². The third kappa shape index (κ3) is 1.15. The van der Waals surface area contributed by atoms with Gasteiger partial charge in [-0.25, -0.2) is 9.97 Å². The smallest absolute Gasteiger partial charge is 0.307 e. The van der Waals surface area contributed by atoms with Gasteiger partial charge in [0.25, 0.3) is 0 Å². The Balaban J connectivity index is 2.11. The van der Waals surface area contributed by atoms with Crippen molar-refractivity contribution in [2.45, 2.75) is 12.3 Å². The Morgan fingerprint density at radius 3 is 2.67 bits per heavy atom. The fraction of sp³-hybridized carbons (Fsp3) is 0.375. The van der Waals surface area contributed by atoms with Crippen molar-refractivity contribution in [3.63, 3.8) is 0 Å². The molecule has 0 saturated heterocycles. The summed E-state index contributed by atoms with van der Waals surface area (Å²) in [5.74, 6) is -0.788. The van der Waals surface area contributed by atoms with Gasteiger partial charge in [-0.3, -0.25) is 4.79 Å². The van der Waals surface area contributed by atoms with Crippen LogP contribution in [0.4, 0.5) is 0 Å². The minimum Gasteiger partial charge on any atom is -0.481 e. The molecule has 12 heavy (non-hydrogen) atoms. The standard InChI is InChI=1S/C8H8N2O2/c11-8(12)7-1-6(7)5-2-9-4-10-3-5/h2-4,6-7H,1H2,(H,11,12)/t6-,7-/m0/s1. The van der Waals surface area contributed by atoms with Crippen LogP contribution in [0.25, 0.3) is 0 Å². The van der Waals surface area contributed by atoms with Crippen LogP contribution in [0, 0.1) is 5.92 Å². The summed E-state index contributed by atoms with van der Waals surface area (Å²) >= 11 is 0. The number of nitrogens with zero attached hydrogens (tertiary/aromatic N) is 2. The first kappa shape index (κ1) is 7.21. The molecular weight excluding hydrogens is 156 g/mol. The van der Waals surface area contributed by atoms with Crippen LogP contribution < -0.4 is 0 Å². The van der Waals surface area contributed by atoms with Crippen LogP contribution in [-0.2, 0) is 4.79 Å². The van der Waals surface area contributed by atoms with E-state index in [1.54, 1.807) is 12.4 Å². The van der Waals surface area contributed by atoms with Gasteiger partial charge in [0.05, 0.1) is 5.92 Å². The predicted molar refractivity (Wildman–Crippen MR) is 40.5 cm³/mol. The van der Waals surface area contributed by atoms with Crippen molar-refractivity contribution in [1.29, 1.82) is 0 Å². The summed E-state index contributed by atoms with van der Waals surface area (Å²) in [5.41, 5.74) is 0.935. The maximum Gasteiger partial charge on any atom is 0.307 e. The van der Waals surface area contributed by atoms with Gasteiger partial charge in [-0.2, -0.15) is 0 Å². The molecule has 1 aliphatic rings. The molecule has 1 fully saturated rings. The Morgan fingerprint density at radius 1 is 1.50 bits per heavy atom. The predicted octanol–water partition coefficient (Wildman–Crippen LogP) is 0.665. The molecule has 2 rings (SSSR count). The van der Waals surface area contributed by atoms with Crippen molar-refractivity contribution in [2.24, 2.45) is 5.92 Å². The quantitative estimate of drug-likeness (QED) is 0.697. The van der Waals surface area contributed by atoms with E-state index in [4.69, 9.17) is 5.11 Å². The van der Waals surface area contributed by atoms with Crippen LogP contribution in [0.3, 0.4) is 0 Å². The lowest BCUT2D eigenvalue weighted by Crippen LogP contribution is -1.99. The highest BCUT2D eigenvalue weighted by Gasteiger charge is 2.44. The highest BCUT2D eigenvalue weighted by atomic mass is 16.4. The van der Waals surface area contributed by atoms with E-state index in [-0.39, 0.29) is 11.8 Å². The van der Waals surface area contributed by atoms with Crippen molar-refractivity contribution in [1.82, 2.24) is 9.97 Å². The molecule has 0 aliphatic heterocycles. The molecule has 1 N–H and O–H groups in total. The summed E-state index contributed by atoms with van der Waals surface area (Å²) in [6.45, 7) is 0. The number of hydrogen-bond acceptors (Lipinski definition) is 3. The molecule has 1 aromatic heterocycles. The molecule has 0 unspecified atom stereocenters. The zero-order chi connectivity index (χ0) is 8.55. The monoisotopic (exact) mass is 164 g/mol. The first-order valence-corrected chi connectivity index (χ1v) is 3.77. The molecule has 1 aliphatic carbocycles. The summed E-state index contributed by atoms with van der Waals surface area (Å²) < 4.78 is 0. The van der Waals surface area contributed by atoms with Crippen molar-refractivity contribution >= 4 is 5.97 Å². The third-order valence-electron chi connectivity index (χ3n) is 2.12. The van der Waals surface area contributed by atoms with Crippen LogP contribution in [0.5, 0.6) is 0 Å². The largest absolute Gasteiger partial charge is 0.481 e. The van der Waals surface area contributed by atoms with E-state index in [1.165, 1.54) is 6.33 Å². The van der Waals surface area contributed by atoms with Crippen molar-refractivity contribution in [3.05, 3.63) is 24.3 Å². The van der Waals surface area contributed by atoms with Crippen LogP contribution >= 0.6 is 0 Å². The molecule has 4 heteroatoms. The Morgan fingerprint density at radius 2 is 2.17 bits per heavy atom. The van der Waals surface area contributed by atoms with Gasteiger partial charge in [-0.15, -0.1) is 0 Å². The van der Waals surface area contributed by atoms with E-state index in [9.17, 15) is 4.79 Å². The molecule has 1 heterocycles. The Hall–Kier alpha value is -1.45. The number of carboxylic acids is 1. The van der Waals surface area contributed by atoms with Crippen molar-refractivity contribution in [3.8, 4) is 0 Å². The molecule has 1 saturated carbocycles. The highest BCUT2D eigenvalue weighted by molar-refractivity contribution is 5.75. The van der Waals surface area contributed by atoms with Crippen molar-refractivity contribution in [2.75, 3.05) is 0 Å². The van der Waals surface area contributed by atoms with Gasteiger partial charge in [-0.1, -0.05) is 0 Å². The van der Waals surface area contributed by atoms with E-state index >= 15 is 0 Å². The first-order chi connectivity index (χ1) is 5.79. The lowest BCUT2D eigenvalue weighted by molar-refractivity contribution is -0.138. The molecule has 1 aromatic rings. The van der Waals surface area contributed by atoms with E-state index in [1.807, 2.05) is 0 Å². The van der Waals surface area contributed by atoms with E-state index in [0.717, 1.165) is 12.0 Å². The normalized spacial score (nSPS) is 26.7. The Bertz CT molecular complexity index is 299. The number of carboxylic acid groups (broad SMARTS) is 1. The number of rotatable bonds is 2. The summed E-state index contributed by atoms with van der Waals surface area (Å²) in [6.07, 6.45) is 5.53. The lowest BCUT2D eigenvalue weighted by atomic mass is 10.2. The van der Waals surface area contributed by atoms with E-state index in [0.29, 0.717) is 0 Å². The molecule has 4 nitrogen and oxygen atoms in total. The molecule has 62 valence electrons. The number of aromatic nitrogens is 2. The summed E-state index contributed by atoms with van der Waals surface area (Å²) in [6, 6.07) is 0. The van der Waals surface area contributed by atoms with E-state index in [2.05, 4.69) is 9.97 Å². The summed E-state index contributed by atoms with van der Waals surface area (Å²) in [4.78, 5) is 18.2. The molecule has 0 bridgehead atoms. The van der Waals surface area contributed by atoms with Gasteiger partial charge >= 0.3 is 5.97 Å². The van der Waals surface area contributed by atoms with Crippen LogP contribution in [0.15, 0.2) is 18.7 Å². The maximum absolute atomic E-state index is 10.5. The second kappa shape index (κ2) is 2.55. The SMILES string of the molecule is O=C(O)[C@H]1C[C@H]1c1cncnc1. The highest BCUT2D eigenvalue weighted by Crippen LogP contribution is 2.46. The zero-order valence-corrected chi connectivity index (χ0v) is 6.34. The molecule has 0 aromatic carbocycles. The number of aliphatic carboxylic acids is 1. The molecular formula is C8H8N2O2. The zero-order valence-electron chi connectivity index (χ0n) is 6.34. The average molecular weight is 164 g/mol. The van der Waals surface area contributed by atoms with Crippen LogP contribution in [0.1, 0.15) is 17.9 Å². The first-order valence-electron chi connectivity index (χ1n) is 3.77. The number of carbonyl (C=O) groups is 1. The fourth-order valence-corrected chi connectivity index (χ4v) is 1.34. The lowest BCUT2D eigenvalue weighted by Gasteiger charge is -1.93. The van der Waals surface area contributed by atoms with E-state index < -0.39 is 5.97 Å². The topological polar surface area (TPSA) is 63.1 Å². The van der Waals surface area contributed by atoms with Gasteiger partial charge in [-0.05, 0) is 12.0 Å². The summed E-state index contributed by atoms with van der Waals surface area (Å²) in [7, 11) is 0. The summed E-state index contributed by atoms with van der Waals surface area (Å²) in [5, 5.41) is 8.64. The fourth-order valence-electron chi connectivity index (χ4n) is 1.34. The molecule has 0 spiro atoms. The molecule has 2 atom stereocenters.